The minimum Gasteiger partial charge on any atom is -0.354 e. The Labute approximate surface area is 123 Å². The Morgan fingerprint density at radius 1 is 1.00 bits per heavy atom. The second-order valence-corrected chi connectivity index (χ2v) is 5.92. The normalized spacial score (nSPS) is 12.6. The SMILES string of the molecule is CC(C)C(=O)NCCNC(=O)CCC(CCN)C(C)C. The molecule has 4 N–H and O–H groups in total. The van der Waals surface area contributed by atoms with Gasteiger partial charge in [-0.2, -0.15) is 0 Å². The lowest BCUT2D eigenvalue weighted by Crippen LogP contribution is -2.36. The third kappa shape index (κ3) is 8.91. The summed E-state index contributed by atoms with van der Waals surface area (Å²) >= 11 is 0. The van der Waals surface area contributed by atoms with Crippen molar-refractivity contribution in [1.82, 2.24) is 10.6 Å². The van der Waals surface area contributed by atoms with Gasteiger partial charge in [0.25, 0.3) is 0 Å². The number of rotatable bonds is 10. The van der Waals surface area contributed by atoms with E-state index in [-0.39, 0.29) is 17.7 Å². The molecular weight excluding hydrogens is 254 g/mol. The monoisotopic (exact) mass is 285 g/mol. The molecule has 0 aromatic rings. The molecule has 0 bridgehead atoms. The molecule has 0 spiro atoms. The van der Waals surface area contributed by atoms with Crippen molar-refractivity contribution >= 4 is 11.8 Å². The quantitative estimate of drug-likeness (QED) is 0.529. The van der Waals surface area contributed by atoms with E-state index in [4.69, 9.17) is 5.73 Å². The Morgan fingerprint density at radius 3 is 2.10 bits per heavy atom. The predicted octanol–water partition coefficient (Wildman–Crippen LogP) is 1.28. The number of hydrogen-bond donors (Lipinski definition) is 3. The minimum atomic E-state index is -0.0197. The molecule has 0 saturated carbocycles. The lowest BCUT2D eigenvalue weighted by atomic mass is 9.88. The first-order valence-electron chi connectivity index (χ1n) is 7.63. The number of carbonyl (C=O) groups excluding carboxylic acids is 2. The highest BCUT2D eigenvalue weighted by Gasteiger charge is 2.14. The third-order valence-corrected chi connectivity index (χ3v) is 3.49. The van der Waals surface area contributed by atoms with Crippen LogP contribution in [-0.4, -0.2) is 31.4 Å². The molecule has 0 aromatic carbocycles. The van der Waals surface area contributed by atoms with E-state index in [0.29, 0.717) is 37.9 Å². The molecule has 0 aliphatic carbocycles. The zero-order valence-corrected chi connectivity index (χ0v) is 13.4. The van der Waals surface area contributed by atoms with Gasteiger partial charge in [-0.15, -0.1) is 0 Å². The molecule has 5 heteroatoms. The Hall–Kier alpha value is -1.10. The maximum Gasteiger partial charge on any atom is 0.222 e. The van der Waals surface area contributed by atoms with Gasteiger partial charge in [0.2, 0.25) is 11.8 Å². The molecule has 5 nitrogen and oxygen atoms in total. The fourth-order valence-electron chi connectivity index (χ4n) is 2.02. The summed E-state index contributed by atoms with van der Waals surface area (Å²) in [6.07, 6.45) is 2.37. The summed E-state index contributed by atoms with van der Waals surface area (Å²) in [4.78, 5) is 23.0. The van der Waals surface area contributed by atoms with Crippen molar-refractivity contribution in [2.24, 2.45) is 23.5 Å². The molecule has 0 aliphatic heterocycles. The van der Waals surface area contributed by atoms with Crippen LogP contribution in [-0.2, 0) is 9.59 Å². The maximum absolute atomic E-state index is 11.7. The maximum atomic E-state index is 11.7. The van der Waals surface area contributed by atoms with E-state index in [1.807, 2.05) is 13.8 Å². The van der Waals surface area contributed by atoms with Gasteiger partial charge in [-0.05, 0) is 31.2 Å². The number of nitrogens with two attached hydrogens (primary N) is 1. The summed E-state index contributed by atoms with van der Waals surface area (Å²) in [6.45, 7) is 9.67. The van der Waals surface area contributed by atoms with Crippen LogP contribution in [0.5, 0.6) is 0 Å². The molecule has 0 fully saturated rings. The molecule has 1 atom stereocenters. The second-order valence-electron chi connectivity index (χ2n) is 5.92. The largest absolute Gasteiger partial charge is 0.354 e. The van der Waals surface area contributed by atoms with Crippen LogP contribution in [0.4, 0.5) is 0 Å². The summed E-state index contributed by atoms with van der Waals surface area (Å²) < 4.78 is 0. The Balaban J connectivity index is 3.75. The fraction of sp³-hybridized carbons (Fsp3) is 0.867. The number of nitrogens with one attached hydrogen (secondary N) is 2. The molecule has 20 heavy (non-hydrogen) atoms. The average Bonchev–Trinajstić information content (AvgIpc) is 2.38. The summed E-state index contributed by atoms with van der Waals surface area (Å²) in [5.74, 6) is 1.10. The van der Waals surface area contributed by atoms with Gasteiger partial charge in [0.1, 0.15) is 0 Å². The van der Waals surface area contributed by atoms with Gasteiger partial charge in [-0.25, -0.2) is 0 Å². The van der Waals surface area contributed by atoms with Crippen LogP contribution in [0.3, 0.4) is 0 Å². The highest BCUT2D eigenvalue weighted by molar-refractivity contribution is 5.78. The average molecular weight is 285 g/mol. The van der Waals surface area contributed by atoms with E-state index in [0.717, 1.165) is 12.8 Å². The van der Waals surface area contributed by atoms with Gasteiger partial charge in [-0.1, -0.05) is 27.7 Å². The van der Waals surface area contributed by atoms with E-state index in [2.05, 4.69) is 24.5 Å². The van der Waals surface area contributed by atoms with Crippen molar-refractivity contribution in [3.05, 3.63) is 0 Å². The van der Waals surface area contributed by atoms with E-state index in [1.54, 1.807) is 0 Å². The zero-order chi connectivity index (χ0) is 15.5. The molecule has 1 unspecified atom stereocenters. The Morgan fingerprint density at radius 2 is 1.60 bits per heavy atom. The van der Waals surface area contributed by atoms with Gasteiger partial charge >= 0.3 is 0 Å². The summed E-state index contributed by atoms with van der Waals surface area (Å²) in [5, 5.41) is 5.60. The van der Waals surface area contributed by atoms with E-state index >= 15 is 0 Å². The lowest BCUT2D eigenvalue weighted by Gasteiger charge is -2.19. The van der Waals surface area contributed by atoms with Crippen molar-refractivity contribution in [2.45, 2.75) is 47.0 Å². The van der Waals surface area contributed by atoms with Crippen molar-refractivity contribution in [3.8, 4) is 0 Å². The molecule has 0 radical (unpaired) electrons. The van der Waals surface area contributed by atoms with Gasteiger partial charge in [0.15, 0.2) is 0 Å². The molecule has 2 amide bonds. The standard InChI is InChI=1S/C15H31N3O2/c1-11(2)13(7-8-16)5-6-14(19)17-9-10-18-15(20)12(3)4/h11-13H,5-10,16H2,1-4H3,(H,17,19)(H,18,20). The first kappa shape index (κ1) is 18.9. The van der Waals surface area contributed by atoms with E-state index in [9.17, 15) is 9.59 Å². The first-order valence-corrected chi connectivity index (χ1v) is 7.63. The van der Waals surface area contributed by atoms with E-state index in [1.165, 1.54) is 0 Å². The first-order chi connectivity index (χ1) is 9.38. The van der Waals surface area contributed by atoms with E-state index < -0.39 is 0 Å². The van der Waals surface area contributed by atoms with Crippen molar-refractivity contribution in [1.29, 1.82) is 0 Å². The summed E-state index contributed by atoms with van der Waals surface area (Å²) in [5.41, 5.74) is 5.58. The Kier molecular flexibility index (Phi) is 10.1. The fourth-order valence-corrected chi connectivity index (χ4v) is 2.02. The van der Waals surface area contributed by atoms with Crippen molar-refractivity contribution in [3.63, 3.8) is 0 Å². The second kappa shape index (κ2) is 10.7. The molecule has 0 aliphatic rings. The molecule has 0 saturated heterocycles. The minimum absolute atomic E-state index is 0.0158. The van der Waals surface area contributed by atoms with Crippen LogP contribution in [0, 0.1) is 17.8 Å². The topological polar surface area (TPSA) is 84.2 Å². The lowest BCUT2D eigenvalue weighted by molar-refractivity contribution is -0.124. The summed E-state index contributed by atoms with van der Waals surface area (Å²) in [7, 11) is 0. The molecule has 0 aromatic heterocycles. The Bertz CT molecular complexity index is 291. The van der Waals surface area contributed by atoms with Crippen LogP contribution in [0.1, 0.15) is 47.0 Å². The van der Waals surface area contributed by atoms with Crippen LogP contribution < -0.4 is 16.4 Å². The molecule has 0 heterocycles. The van der Waals surface area contributed by atoms with Crippen molar-refractivity contribution in [2.75, 3.05) is 19.6 Å². The molecule has 118 valence electrons. The van der Waals surface area contributed by atoms with Crippen LogP contribution in [0.25, 0.3) is 0 Å². The van der Waals surface area contributed by atoms with Gasteiger partial charge < -0.3 is 16.4 Å². The predicted molar refractivity (Wildman–Crippen MR) is 82.1 cm³/mol. The van der Waals surface area contributed by atoms with Crippen LogP contribution >= 0.6 is 0 Å². The molecule has 0 rings (SSSR count). The van der Waals surface area contributed by atoms with Crippen LogP contribution in [0.15, 0.2) is 0 Å². The number of amides is 2. The number of carbonyl (C=O) groups is 2. The highest BCUT2D eigenvalue weighted by atomic mass is 16.2. The highest BCUT2D eigenvalue weighted by Crippen LogP contribution is 2.20. The number of hydrogen-bond acceptors (Lipinski definition) is 3. The molecular formula is C15H31N3O2. The van der Waals surface area contributed by atoms with Crippen LogP contribution in [0.2, 0.25) is 0 Å². The zero-order valence-electron chi connectivity index (χ0n) is 13.4. The van der Waals surface area contributed by atoms with Gasteiger partial charge in [-0.3, -0.25) is 9.59 Å². The van der Waals surface area contributed by atoms with Gasteiger partial charge in [0.05, 0.1) is 0 Å². The smallest absolute Gasteiger partial charge is 0.222 e. The van der Waals surface area contributed by atoms with Gasteiger partial charge in [0, 0.05) is 25.4 Å². The third-order valence-electron chi connectivity index (χ3n) is 3.49. The summed E-state index contributed by atoms with van der Waals surface area (Å²) in [6, 6.07) is 0. The van der Waals surface area contributed by atoms with Crippen molar-refractivity contribution < 1.29 is 9.59 Å².